The lowest BCUT2D eigenvalue weighted by molar-refractivity contribution is 0.0943. The van der Waals surface area contributed by atoms with Crippen LogP contribution in [-0.2, 0) is 0 Å². The van der Waals surface area contributed by atoms with Gasteiger partial charge in [-0.1, -0.05) is 48.5 Å². The van der Waals surface area contributed by atoms with Crippen molar-refractivity contribution in [1.29, 1.82) is 0 Å². The molecule has 1 unspecified atom stereocenters. The van der Waals surface area contributed by atoms with Gasteiger partial charge in [-0.15, -0.1) is 0 Å². The molecule has 1 aliphatic carbocycles. The molecule has 4 nitrogen and oxygen atoms in total. The maximum atomic E-state index is 13.1. The Morgan fingerprint density at radius 2 is 1.81 bits per heavy atom. The molecule has 0 bridgehead atoms. The summed E-state index contributed by atoms with van der Waals surface area (Å²) in [6.07, 6.45) is 2.34. The summed E-state index contributed by atoms with van der Waals surface area (Å²) in [5.41, 5.74) is 3.87. The summed E-state index contributed by atoms with van der Waals surface area (Å²) in [7, 11) is 4.08. The number of hydrogen-bond donors (Lipinski definition) is 1. The number of nitrogens with one attached hydrogen (secondary N) is 1. The third-order valence-electron chi connectivity index (χ3n) is 5.24. The molecule has 1 aliphatic rings. The predicted molar refractivity (Wildman–Crippen MR) is 109 cm³/mol. The number of pyridine rings is 1. The van der Waals surface area contributed by atoms with Crippen LogP contribution in [-0.4, -0.2) is 36.4 Å². The van der Waals surface area contributed by atoms with E-state index in [0.29, 0.717) is 12.5 Å². The van der Waals surface area contributed by atoms with Crippen LogP contribution in [0.4, 0.5) is 0 Å². The van der Waals surface area contributed by atoms with Gasteiger partial charge < -0.3 is 10.2 Å². The van der Waals surface area contributed by atoms with Crippen molar-refractivity contribution in [3.8, 4) is 0 Å². The summed E-state index contributed by atoms with van der Waals surface area (Å²) in [5, 5.41) is 4.07. The summed E-state index contributed by atoms with van der Waals surface area (Å²) in [6.45, 7) is 0.561. The van der Waals surface area contributed by atoms with Crippen molar-refractivity contribution in [2.45, 2.75) is 24.8 Å². The van der Waals surface area contributed by atoms with E-state index in [1.807, 2.05) is 62.6 Å². The lowest BCUT2D eigenvalue weighted by Gasteiger charge is -2.25. The maximum absolute atomic E-state index is 13.1. The molecule has 0 aliphatic heterocycles. The van der Waals surface area contributed by atoms with E-state index < -0.39 is 0 Å². The molecule has 1 heterocycles. The third-order valence-corrected chi connectivity index (χ3v) is 5.24. The Balaban J connectivity index is 1.59. The number of amides is 1. The smallest absolute Gasteiger partial charge is 0.252 e. The normalized spacial score (nSPS) is 15.1. The topological polar surface area (TPSA) is 45.2 Å². The number of carbonyl (C=O) groups excluding carboxylic acids is 1. The zero-order valence-corrected chi connectivity index (χ0v) is 15.9. The van der Waals surface area contributed by atoms with Gasteiger partial charge in [-0.3, -0.25) is 9.78 Å². The average molecular weight is 359 g/mol. The second kappa shape index (κ2) is 7.49. The number of rotatable bonds is 6. The fourth-order valence-electron chi connectivity index (χ4n) is 3.53. The van der Waals surface area contributed by atoms with Gasteiger partial charge in [0.05, 0.1) is 17.1 Å². The van der Waals surface area contributed by atoms with Gasteiger partial charge >= 0.3 is 0 Å². The molecule has 1 fully saturated rings. The van der Waals surface area contributed by atoms with E-state index >= 15 is 0 Å². The second-order valence-electron chi connectivity index (χ2n) is 7.49. The Hall–Kier alpha value is -2.72. The third kappa shape index (κ3) is 3.86. The van der Waals surface area contributed by atoms with Crippen LogP contribution in [0.1, 0.15) is 46.4 Å². The fraction of sp³-hybridized carbons (Fsp3) is 0.304. The van der Waals surface area contributed by atoms with Gasteiger partial charge in [0.2, 0.25) is 0 Å². The molecule has 1 N–H and O–H groups in total. The SMILES string of the molecule is CN(C)C(CNC(=O)c1cc(C2CC2)nc2ccccc12)c1ccccc1. The van der Waals surface area contributed by atoms with Gasteiger partial charge in [0.25, 0.3) is 5.91 Å². The number of carbonyl (C=O) groups is 1. The summed E-state index contributed by atoms with van der Waals surface area (Å²) in [5.74, 6) is 0.485. The summed E-state index contributed by atoms with van der Waals surface area (Å²) >= 11 is 0. The predicted octanol–water partition coefficient (Wildman–Crippen LogP) is 4.14. The zero-order chi connectivity index (χ0) is 18.8. The molecule has 3 aromatic rings. The quantitative estimate of drug-likeness (QED) is 0.719. The minimum Gasteiger partial charge on any atom is -0.350 e. The van der Waals surface area contributed by atoms with E-state index in [1.165, 1.54) is 18.4 Å². The lowest BCUT2D eigenvalue weighted by atomic mass is 10.0. The molecule has 138 valence electrons. The van der Waals surface area contributed by atoms with Crippen LogP contribution >= 0.6 is 0 Å². The standard InChI is InChI=1S/C23H25N3O/c1-26(2)22(17-8-4-3-5-9-17)15-24-23(27)19-14-21(16-12-13-16)25-20-11-7-6-10-18(19)20/h3-11,14,16,22H,12-13,15H2,1-2H3,(H,24,27). The van der Waals surface area contributed by atoms with Crippen molar-refractivity contribution in [3.63, 3.8) is 0 Å². The summed E-state index contributed by atoms with van der Waals surface area (Å²) in [4.78, 5) is 20.0. The fourth-order valence-corrected chi connectivity index (χ4v) is 3.53. The van der Waals surface area contributed by atoms with Gasteiger partial charge in [-0.25, -0.2) is 0 Å². The molecule has 0 spiro atoms. The highest BCUT2D eigenvalue weighted by Crippen LogP contribution is 2.40. The zero-order valence-electron chi connectivity index (χ0n) is 15.9. The minimum absolute atomic E-state index is 0.0294. The van der Waals surface area contributed by atoms with E-state index in [0.717, 1.165) is 22.2 Å². The molecular weight excluding hydrogens is 334 g/mol. The summed E-state index contributed by atoms with van der Waals surface area (Å²) in [6, 6.07) is 20.3. The molecule has 4 rings (SSSR count). The number of nitrogens with zero attached hydrogens (tertiary/aromatic N) is 2. The highest BCUT2D eigenvalue weighted by Gasteiger charge is 2.27. The van der Waals surface area contributed by atoms with Gasteiger partial charge in [-0.05, 0) is 44.6 Å². The van der Waals surface area contributed by atoms with E-state index in [4.69, 9.17) is 4.98 Å². The Bertz CT molecular complexity index is 948. The first-order valence-corrected chi connectivity index (χ1v) is 9.52. The lowest BCUT2D eigenvalue weighted by Crippen LogP contribution is -2.34. The second-order valence-corrected chi connectivity index (χ2v) is 7.49. The number of benzene rings is 2. The monoisotopic (exact) mass is 359 g/mol. The highest BCUT2D eigenvalue weighted by molar-refractivity contribution is 6.06. The average Bonchev–Trinajstić information content (AvgIpc) is 3.53. The van der Waals surface area contributed by atoms with Crippen molar-refractivity contribution in [2.75, 3.05) is 20.6 Å². The maximum Gasteiger partial charge on any atom is 0.252 e. The Kier molecular flexibility index (Phi) is 4.90. The van der Waals surface area contributed by atoms with Gasteiger partial charge in [0, 0.05) is 23.5 Å². The largest absolute Gasteiger partial charge is 0.350 e. The number of hydrogen-bond acceptors (Lipinski definition) is 3. The molecule has 1 atom stereocenters. The van der Waals surface area contributed by atoms with Crippen molar-refractivity contribution in [3.05, 3.63) is 77.5 Å². The Morgan fingerprint density at radius 1 is 1.11 bits per heavy atom. The molecule has 0 saturated heterocycles. The van der Waals surface area contributed by atoms with Crippen LogP contribution in [0.2, 0.25) is 0 Å². The first-order chi connectivity index (χ1) is 13.1. The van der Waals surface area contributed by atoms with Crippen LogP contribution in [0.5, 0.6) is 0 Å². The molecule has 27 heavy (non-hydrogen) atoms. The van der Waals surface area contributed by atoms with Crippen molar-refractivity contribution in [2.24, 2.45) is 0 Å². The van der Waals surface area contributed by atoms with E-state index in [1.54, 1.807) is 0 Å². The van der Waals surface area contributed by atoms with Gasteiger partial charge in [-0.2, -0.15) is 0 Å². The molecule has 1 amide bonds. The van der Waals surface area contributed by atoms with Crippen LogP contribution in [0, 0.1) is 0 Å². The van der Waals surface area contributed by atoms with Crippen molar-refractivity contribution >= 4 is 16.8 Å². The first-order valence-electron chi connectivity index (χ1n) is 9.52. The Labute approximate surface area is 160 Å². The van der Waals surface area contributed by atoms with Crippen LogP contribution in [0.3, 0.4) is 0 Å². The molecule has 0 radical (unpaired) electrons. The van der Waals surface area contributed by atoms with Crippen LogP contribution in [0.15, 0.2) is 60.7 Å². The first kappa shape index (κ1) is 17.7. The van der Waals surface area contributed by atoms with E-state index in [9.17, 15) is 4.79 Å². The number of aromatic nitrogens is 1. The van der Waals surface area contributed by atoms with Crippen molar-refractivity contribution in [1.82, 2.24) is 15.2 Å². The van der Waals surface area contributed by atoms with Gasteiger partial charge in [0.1, 0.15) is 0 Å². The molecule has 2 aromatic carbocycles. The van der Waals surface area contributed by atoms with Crippen LogP contribution in [0.25, 0.3) is 10.9 Å². The summed E-state index contributed by atoms with van der Waals surface area (Å²) < 4.78 is 0. The van der Waals surface area contributed by atoms with Crippen LogP contribution < -0.4 is 5.32 Å². The Morgan fingerprint density at radius 3 is 2.52 bits per heavy atom. The molecule has 1 aromatic heterocycles. The van der Waals surface area contributed by atoms with E-state index in [-0.39, 0.29) is 11.9 Å². The molecular formula is C23H25N3O. The van der Waals surface area contributed by atoms with E-state index in [2.05, 4.69) is 22.3 Å². The number of para-hydroxylation sites is 1. The van der Waals surface area contributed by atoms with Crippen molar-refractivity contribution < 1.29 is 4.79 Å². The minimum atomic E-state index is -0.0294. The molecule has 1 saturated carbocycles. The number of fused-ring (bicyclic) bond motifs is 1. The molecule has 4 heteroatoms. The number of likely N-dealkylation sites (N-methyl/N-ethyl adjacent to an activating group) is 1. The highest BCUT2D eigenvalue weighted by atomic mass is 16.1. The van der Waals surface area contributed by atoms with Gasteiger partial charge in [0.15, 0.2) is 0 Å².